The van der Waals surface area contributed by atoms with E-state index in [9.17, 15) is 9.59 Å². The highest BCUT2D eigenvalue weighted by molar-refractivity contribution is 5.95. The van der Waals surface area contributed by atoms with E-state index in [0.29, 0.717) is 25.9 Å². The number of para-hydroxylation sites is 1. The summed E-state index contributed by atoms with van der Waals surface area (Å²) in [7, 11) is 1.37. The molecule has 0 aliphatic carbocycles. The molecule has 5 nitrogen and oxygen atoms in total. The lowest BCUT2D eigenvalue weighted by Crippen LogP contribution is -2.46. The molecule has 0 saturated carbocycles. The van der Waals surface area contributed by atoms with Crippen LogP contribution in [0.2, 0.25) is 0 Å². The Morgan fingerprint density at radius 3 is 2.35 bits per heavy atom. The lowest BCUT2D eigenvalue weighted by Gasteiger charge is -2.37. The molecule has 1 aromatic rings. The van der Waals surface area contributed by atoms with Gasteiger partial charge < -0.3 is 15.0 Å². The largest absolute Gasteiger partial charge is 0.453 e. The summed E-state index contributed by atoms with van der Waals surface area (Å²) in [5, 5.41) is 2.94. The second-order valence-electron chi connectivity index (χ2n) is 5.34. The number of nitrogens with zero attached hydrogens (tertiary/aromatic N) is 1. The molecule has 2 amide bonds. The smallest absolute Gasteiger partial charge is 0.409 e. The van der Waals surface area contributed by atoms with E-state index < -0.39 is 5.41 Å². The van der Waals surface area contributed by atoms with Crippen LogP contribution in [0.25, 0.3) is 0 Å². The van der Waals surface area contributed by atoms with Crippen molar-refractivity contribution in [1.29, 1.82) is 0 Å². The Labute approximate surface area is 118 Å². The fourth-order valence-corrected chi connectivity index (χ4v) is 2.34. The number of benzene rings is 1. The van der Waals surface area contributed by atoms with Gasteiger partial charge in [0.25, 0.3) is 0 Å². The maximum absolute atomic E-state index is 12.4. The van der Waals surface area contributed by atoms with Crippen LogP contribution in [0.5, 0.6) is 0 Å². The molecule has 0 spiro atoms. The zero-order valence-electron chi connectivity index (χ0n) is 11.9. The molecular formula is C15H20N2O3. The van der Waals surface area contributed by atoms with Crippen molar-refractivity contribution in [2.45, 2.75) is 19.8 Å². The van der Waals surface area contributed by atoms with Gasteiger partial charge in [0.1, 0.15) is 0 Å². The minimum Gasteiger partial charge on any atom is -0.453 e. The number of amides is 2. The van der Waals surface area contributed by atoms with Crippen molar-refractivity contribution < 1.29 is 14.3 Å². The second-order valence-corrected chi connectivity index (χ2v) is 5.34. The van der Waals surface area contributed by atoms with Crippen LogP contribution >= 0.6 is 0 Å². The van der Waals surface area contributed by atoms with Crippen molar-refractivity contribution in [1.82, 2.24) is 4.90 Å². The zero-order chi connectivity index (χ0) is 14.6. The lowest BCUT2D eigenvalue weighted by molar-refractivity contribution is -0.127. The average molecular weight is 276 g/mol. The molecule has 5 heteroatoms. The number of ether oxygens (including phenoxy) is 1. The third-order valence-corrected chi connectivity index (χ3v) is 3.88. The van der Waals surface area contributed by atoms with Gasteiger partial charge in [-0.25, -0.2) is 4.79 Å². The number of methoxy groups -OCH3 is 1. The van der Waals surface area contributed by atoms with E-state index in [4.69, 9.17) is 4.74 Å². The van der Waals surface area contributed by atoms with Crippen LogP contribution in [0.15, 0.2) is 30.3 Å². The standard InChI is InChI=1S/C15H20N2O3/c1-15(8-10-17(11-9-15)14(19)20-2)13(18)16-12-6-4-3-5-7-12/h3-7H,8-11H2,1-2H3,(H,16,18). The SMILES string of the molecule is COC(=O)N1CCC(C)(C(=O)Nc2ccccc2)CC1. The first-order chi connectivity index (χ1) is 9.55. The third-order valence-electron chi connectivity index (χ3n) is 3.88. The molecule has 1 aliphatic heterocycles. The van der Waals surface area contributed by atoms with Crippen LogP contribution in [0, 0.1) is 5.41 Å². The number of hydrogen-bond donors (Lipinski definition) is 1. The number of carbonyl (C=O) groups excluding carboxylic acids is 2. The van der Waals surface area contributed by atoms with Gasteiger partial charge >= 0.3 is 6.09 Å². The van der Waals surface area contributed by atoms with E-state index in [0.717, 1.165) is 5.69 Å². The van der Waals surface area contributed by atoms with Gasteiger partial charge in [-0.1, -0.05) is 25.1 Å². The molecule has 1 fully saturated rings. The topological polar surface area (TPSA) is 58.6 Å². The van der Waals surface area contributed by atoms with Crippen LogP contribution in [0.1, 0.15) is 19.8 Å². The van der Waals surface area contributed by atoms with E-state index in [2.05, 4.69) is 5.32 Å². The number of carbonyl (C=O) groups is 2. The number of likely N-dealkylation sites (tertiary alicyclic amines) is 1. The van der Waals surface area contributed by atoms with Gasteiger partial charge in [-0.05, 0) is 25.0 Å². The summed E-state index contributed by atoms with van der Waals surface area (Å²) in [4.78, 5) is 25.5. The predicted octanol–water partition coefficient (Wildman–Crippen LogP) is 2.49. The summed E-state index contributed by atoms with van der Waals surface area (Å²) in [5.74, 6) is 0.00761. The van der Waals surface area contributed by atoms with Gasteiger partial charge in [-0.3, -0.25) is 4.79 Å². The number of anilines is 1. The Morgan fingerprint density at radius 1 is 1.20 bits per heavy atom. The summed E-state index contributed by atoms with van der Waals surface area (Å²) >= 11 is 0. The maximum Gasteiger partial charge on any atom is 0.409 e. The number of hydrogen-bond acceptors (Lipinski definition) is 3. The molecule has 1 heterocycles. The van der Waals surface area contributed by atoms with Gasteiger partial charge in [-0.2, -0.15) is 0 Å². The monoisotopic (exact) mass is 276 g/mol. The molecular weight excluding hydrogens is 256 g/mol. The highest BCUT2D eigenvalue weighted by Gasteiger charge is 2.38. The average Bonchev–Trinajstić information content (AvgIpc) is 2.48. The zero-order valence-corrected chi connectivity index (χ0v) is 11.9. The molecule has 1 N–H and O–H groups in total. The van der Waals surface area contributed by atoms with Crippen LogP contribution in [0.3, 0.4) is 0 Å². The minimum atomic E-state index is -0.444. The summed E-state index contributed by atoms with van der Waals surface area (Å²) in [6, 6.07) is 9.41. The molecule has 0 aromatic heterocycles. The molecule has 0 radical (unpaired) electrons. The minimum absolute atomic E-state index is 0.00761. The molecule has 1 aliphatic rings. The fourth-order valence-electron chi connectivity index (χ4n) is 2.34. The van der Waals surface area contributed by atoms with Gasteiger partial charge in [0.05, 0.1) is 12.5 Å². The van der Waals surface area contributed by atoms with E-state index in [-0.39, 0.29) is 12.0 Å². The first kappa shape index (κ1) is 14.4. The second kappa shape index (κ2) is 5.94. The van der Waals surface area contributed by atoms with E-state index >= 15 is 0 Å². The molecule has 20 heavy (non-hydrogen) atoms. The van der Waals surface area contributed by atoms with E-state index in [1.54, 1.807) is 4.90 Å². The number of rotatable bonds is 2. The molecule has 2 rings (SSSR count). The van der Waals surface area contributed by atoms with Crippen molar-refractivity contribution in [2.75, 3.05) is 25.5 Å². The predicted molar refractivity (Wildman–Crippen MR) is 76.4 cm³/mol. The van der Waals surface area contributed by atoms with Crippen molar-refractivity contribution in [3.63, 3.8) is 0 Å². The fraction of sp³-hybridized carbons (Fsp3) is 0.467. The van der Waals surface area contributed by atoms with Crippen molar-refractivity contribution in [2.24, 2.45) is 5.41 Å². The van der Waals surface area contributed by atoms with Crippen LogP contribution in [0.4, 0.5) is 10.5 Å². The molecule has 0 unspecified atom stereocenters. The third kappa shape index (κ3) is 3.10. The van der Waals surface area contributed by atoms with Crippen LogP contribution in [-0.4, -0.2) is 37.1 Å². The molecule has 0 bridgehead atoms. The lowest BCUT2D eigenvalue weighted by atomic mass is 9.79. The van der Waals surface area contributed by atoms with Crippen LogP contribution in [-0.2, 0) is 9.53 Å². The van der Waals surface area contributed by atoms with Crippen molar-refractivity contribution >= 4 is 17.7 Å². The molecule has 1 aromatic carbocycles. The van der Waals surface area contributed by atoms with Gasteiger partial charge in [0.2, 0.25) is 5.91 Å². The summed E-state index contributed by atoms with van der Waals surface area (Å²) in [6.07, 6.45) is 0.956. The maximum atomic E-state index is 12.4. The first-order valence-electron chi connectivity index (χ1n) is 6.74. The Hall–Kier alpha value is -2.04. The number of piperidine rings is 1. The molecule has 0 atom stereocenters. The Bertz CT molecular complexity index is 479. The van der Waals surface area contributed by atoms with E-state index in [1.165, 1.54) is 7.11 Å². The highest BCUT2D eigenvalue weighted by Crippen LogP contribution is 2.32. The quantitative estimate of drug-likeness (QED) is 0.902. The summed E-state index contributed by atoms with van der Waals surface area (Å²) < 4.78 is 4.70. The Balaban J connectivity index is 1.95. The van der Waals surface area contributed by atoms with Crippen LogP contribution < -0.4 is 5.32 Å². The molecule has 108 valence electrons. The van der Waals surface area contributed by atoms with Crippen molar-refractivity contribution in [3.8, 4) is 0 Å². The first-order valence-corrected chi connectivity index (χ1v) is 6.74. The van der Waals surface area contributed by atoms with Gasteiger partial charge in [-0.15, -0.1) is 0 Å². The summed E-state index contributed by atoms with van der Waals surface area (Å²) in [5.41, 5.74) is 0.356. The van der Waals surface area contributed by atoms with Crippen molar-refractivity contribution in [3.05, 3.63) is 30.3 Å². The molecule has 1 saturated heterocycles. The Morgan fingerprint density at radius 2 is 1.80 bits per heavy atom. The van der Waals surface area contributed by atoms with Gasteiger partial charge in [0, 0.05) is 18.8 Å². The number of nitrogens with one attached hydrogen (secondary N) is 1. The highest BCUT2D eigenvalue weighted by atomic mass is 16.5. The van der Waals surface area contributed by atoms with E-state index in [1.807, 2.05) is 37.3 Å². The normalized spacial score (nSPS) is 17.4. The summed E-state index contributed by atoms with van der Waals surface area (Å²) in [6.45, 7) is 3.04. The van der Waals surface area contributed by atoms with Gasteiger partial charge in [0.15, 0.2) is 0 Å². The Kier molecular flexibility index (Phi) is 4.27.